The van der Waals surface area contributed by atoms with Gasteiger partial charge in [0.1, 0.15) is 17.2 Å². The number of carbonyl (C=O) groups excluding carboxylic acids is 1. The summed E-state index contributed by atoms with van der Waals surface area (Å²) in [6.07, 6.45) is 4.45. The van der Waals surface area contributed by atoms with Gasteiger partial charge in [0.2, 0.25) is 5.78 Å². The number of carbonyl (C=O) groups is 1. The maximum atomic E-state index is 12.3. The van der Waals surface area contributed by atoms with Gasteiger partial charge in [0.25, 0.3) is 0 Å². The summed E-state index contributed by atoms with van der Waals surface area (Å²) >= 11 is 9.34. The van der Waals surface area contributed by atoms with E-state index in [1.54, 1.807) is 16.9 Å². The number of aromatic nitrogens is 4. The third-order valence-electron chi connectivity index (χ3n) is 3.02. The third kappa shape index (κ3) is 3.23. The average Bonchev–Trinajstić information content (AvgIpc) is 2.95. The van der Waals surface area contributed by atoms with Crippen LogP contribution in [0.4, 0.5) is 0 Å². The maximum Gasteiger partial charge on any atom is 0.217 e. The molecule has 22 heavy (non-hydrogen) atoms. The Hall–Kier alpha value is -2.05. The summed E-state index contributed by atoms with van der Waals surface area (Å²) < 4.78 is 2.70. The number of nitrogens with zero attached hydrogens (tertiary/aromatic N) is 4. The summed E-state index contributed by atoms with van der Waals surface area (Å²) in [5, 5.41) is 4.42. The Morgan fingerprint density at radius 3 is 2.95 bits per heavy atom. The van der Waals surface area contributed by atoms with Crippen LogP contribution in [0, 0.1) is 0 Å². The smallest absolute Gasteiger partial charge is 0.217 e. The van der Waals surface area contributed by atoms with Crippen LogP contribution in [0.1, 0.15) is 21.6 Å². The van der Waals surface area contributed by atoms with Gasteiger partial charge in [-0.2, -0.15) is 5.10 Å². The Morgan fingerprint density at radius 2 is 2.18 bits per heavy atom. The van der Waals surface area contributed by atoms with Crippen LogP contribution >= 0.6 is 27.5 Å². The average molecular weight is 378 g/mol. The molecule has 0 saturated carbocycles. The van der Waals surface area contributed by atoms with Gasteiger partial charge < -0.3 is 0 Å². The molecule has 1 aromatic carbocycles. The highest BCUT2D eigenvalue weighted by atomic mass is 79.9. The number of ketones is 1. The first-order valence-electron chi connectivity index (χ1n) is 6.41. The van der Waals surface area contributed by atoms with Crippen LogP contribution in [0.5, 0.6) is 0 Å². The number of rotatable bonds is 4. The minimum atomic E-state index is -0.293. The first-order chi connectivity index (χ1) is 10.6. The highest BCUT2D eigenvalue weighted by molar-refractivity contribution is 9.10. The molecule has 0 atom stereocenters. The minimum absolute atomic E-state index is 0.126. The number of hydrogen-bond acceptors (Lipinski definition) is 4. The predicted molar refractivity (Wildman–Crippen MR) is 85.9 cm³/mol. The first kappa shape index (κ1) is 14.9. The molecule has 0 bridgehead atoms. The molecule has 3 rings (SSSR count). The standard InChI is InChI=1S/C15H10BrClN4O/c16-11-3-1-2-10(6-11)8-21-5-4-13(20-21)14(22)12-7-18-9-19-15(12)17/h1-7,9H,8H2. The molecule has 2 aromatic heterocycles. The van der Waals surface area contributed by atoms with E-state index in [4.69, 9.17) is 11.6 Å². The molecule has 0 spiro atoms. The summed E-state index contributed by atoms with van der Waals surface area (Å²) in [5.41, 5.74) is 1.64. The van der Waals surface area contributed by atoms with Gasteiger partial charge in [0.05, 0.1) is 12.1 Å². The van der Waals surface area contributed by atoms with Crippen LogP contribution in [0.3, 0.4) is 0 Å². The monoisotopic (exact) mass is 376 g/mol. The zero-order valence-corrected chi connectivity index (χ0v) is 13.6. The molecule has 3 aromatic rings. The molecule has 0 aliphatic carbocycles. The van der Waals surface area contributed by atoms with Crippen molar-refractivity contribution in [1.82, 2.24) is 19.7 Å². The van der Waals surface area contributed by atoms with Gasteiger partial charge in [-0.05, 0) is 23.8 Å². The molecule has 0 N–H and O–H groups in total. The molecule has 0 aliphatic heterocycles. The van der Waals surface area contributed by atoms with Gasteiger partial charge >= 0.3 is 0 Å². The maximum absolute atomic E-state index is 12.3. The van der Waals surface area contributed by atoms with Crippen molar-refractivity contribution in [2.75, 3.05) is 0 Å². The predicted octanol–water partition coefficient (Wildman–Crippen LogP) is 3.37. The summed E-state index contributed by atoms with van der Waals surface area (Å²) in [7, 11) is 0. The Bertz CT molecular complexity index is 834. The van der Waals surface area contributed by atoms with Crippen LogP contribution in [-0.4, -0.2) is 25.5 Å². The van der Waals surface area contributed by atoms with Gasteiger partial charge in [-0.25, -0.2) is 9.97 Å². The first-order valence-corrected chi connectivity index (χ1v) is 7.58. The molecule has 0 unspecified atom stereocenters. The molecule has 5 nitrogen and oxygen atoms in total. The topological polar surface area (TPSA) is 60.7 Å². The summed E-state index contributed by atoms with van der Waals surface area (Å²) in [6.45, 7) is 0.575. The van der Waals surface area contributed by atoms with Crippen LogP contribution in [0.2, 0.25) is 5.15 Å². The quantitative estimate of drug-likeness (QED) is 0.517. The van der Waals surface area contributed by atoms with Crippen LogP contribution < -0.4 is 0 Å². The van der Waals surface area contributed by atoms with Crippen molar-refractivity contribution in [2.45, 2.75) is 6.54 Å². The minimum Gasteiger partial charge on any atom is -0.287 e. The second kappa shape index (κ2) is 6.37. The van der Waals surface area contributed by atoms with E-state index in [1.165, 1.54) is 12.5 Å². The Morgan fingerprint density at radius 1 is 1.32 bits per heavy atom. The van der Waals surface area contributed by atoms with Gasteiger partial charge in [-0.3, -0.25) is 9.48 Å². The molecule has 0 fully saturated rings. The molecular formula is C15H10BrClN4O. The highest BCUT2D eigenvalue weighted by Crippen LogP contribution is 2.16. The Kier molecular flexibility index (Phi) is 4.31. The van der Waals surface area contributed by atoms with E-state index in [-0.39, 0.29) is 16.5 Å². The lowest BCUT2D eigenvalue weighted by atomic mass is 10.2. The highest BCUT2D eigenvalue weighted by Gasteiger charge is 2.16. The molecule has 7 heteroatoms. The number of halogens is 2. The second-order valence-corrected chi connectivity index (χ2v) is 5.86. The largest absolute Gasteiger partial charge is 0.287 e. The van der Waals surface area contributed by atoms with Crippen LogP contribution in [0.25, 0.3) is 0 Å². The fraction of sp³-hybridized carbons (Fsp3) is 0.0667. The van der Waals surface area contributed by atoms with Gasteiger partial charge in [0.15, 0.2) is 0 Å². The van der Waals surface area contributed by atoms with Crippen molar-refractivity contribution in [3.63, 3.8) is 0 Å². The Labute approximate surface area is 140 Å². The van der Waals surface area contributed by atoms with Gasteiger partial charge in [0, 0.05) is 16.9 Å². The zero-order valence-electron chi connectivity index (χ0n) is 11.3. The lowest BCUT2D eigenvalue weighted by molar-refractivity contribution is 0.103. The van der Waals surface area contributed by atoms with Gasteiger partial charge in [-0.15, -0.1) is 0 Å². The van der Waals surface area contributed by atoms with Crippen molar-refractivity contribution in [3.8, 4) is 0 Å². The normalized spacial score (nSPS) is 10.6. The lowest BCUT2D eigenvalue weighted by Crippen LogP contribution is -2.07. The molecular weight excluding hydrogens is 368 g/mol. The molecule has 0 aliphatic rings. The number of hydrogen-bond donors (Lipinski definition) is 0. The third-order valence-corrected chi connectivity index (χ3v) is 3.81. The fourth-order valence-corrected chi connectivity index (χ4v) is 2.62. The van der Waals surface area contributed by atoms with E-state index < -0.39 is 0 Å². The van der Waals surface area contributed by atoms with Gasteiger partial charge in [-0.1, -0.05) is 39.7 Å². The van der Waals surface area contributed by atoms with Crippen molar-refractivity contribution in [3.05, 3.63) is 75.5 Å². The second-order valence-electron chi connectivity index (χ2n) is 4.58. The van der Waals surface area contributed by atoms with E-state index in [0.29, 0.717) is 12.2 Å². The van der Waals surface area contributed by atoms with Crippen LogP contribution in [0.15, 0.2) is 53.5 Å². The molecule has 0 amide bonds. The molecule has 0 radical (unpaired) electrons. The number of benzene rings is 1. The lowest BCUT2D eigenvalue weighted by Gasteiger charge is -2.02. The van der Waals surface area contributed by atoms with Crippen molar-refractivity contribution in [2.24, 2.45) is 0 Å². The molecule has 0 saturated heterocycles. The van der Waals surface area contributed by atoms with E-state index >= 15 is 0 Å². The van der Waals surface area contributed by atoms with Crippen LogP contribution in [-0.2, 0) is 6.54 Å². The van der Waals surface area contributed by atoms with E-state index in [0.717, 1.165) is 10.0 Å². The van der Waals surface area contributed by atoms with Crippen molar-refractivity contribution in [1.29, 1.82) is 0 Å². The van der Waals surface area contributed by atoms with E-state index in [9.17, 15) is 4.79 Å². The SMILES string of the molecule is O=C(c1ccn(Cc2cccc(Br)c2)n1)c1cncnc1Cl. The van der Waals surface area contributed by atoms with E-state index in [2.05, 4.69) is 31.0 Å². The molecule has 110 valence electrons. The summed E-state index contributed by atoms with van der Waals surface area (Å²) in [5.74, 6) is -0.293. The Balaban J connectivity index is 1.82. The van der Waals surface area contributed by atoms with E-state index in [1.807, 2.05) is 24.3 Å². The van der Waals surface area contributed by atoms with Crippen molar-refractivity contribution >= 4 is 33.3 Å². The van der Waals surface area contributed by atoms with Crippen molar-refractivity contribution < 1.29 is 4.79 Å². The summed E-state index contributed by atoms with van der Waals surface area (Å²) in [6, 6.07) is 9.57. The molecule has 2 heterocycles. The zero-order chi connectivity index (χ0) is 15.5. The fourth-order valence-electron chi connectivity index (χ4n) is 2.00. The summed E-state index contributed by atoms with van der Waals surface area (Å²) in [4.78, 5) is 20.0.